The molecule has 0 bridgehead atoms. The molecule has 2 amide bonds. The first kappa shape index (κ1) is 27.2. The second kappa shape index (κ2) is 12.1. The summed E-state index contributed by atoms with van der Waals surface area (Å²) in [7, 11) is 1.47. The molecular weight excluding hydrogens is 528 g/mol. The molecule has 11 heteroatoms. The van der Waals surface area contributed by atoms with Crippen LogP contribution in [0.2, 0.25) is 5.02 Å². The number of nitrogens with zero attached hydrogens (tertiary/aromatic N) is 2. The third-order valence-corrected chi connectivity index (χ3v) is 7.10. The van der Waals surface area contributed by atoms with E-state index in [-0.39, 0.29) is 31.8 Å². The lowest BCUT2D eigenvalue weighted by Crippen LogP contribution is -2.41. The number of halogens is 1. The molecular formula is C27H27ClN4O5S. The quantitative estimate of drug-likeness (QED) is 0.308. The number of ether oxygens (including phenoxy) is 1. The van der Waals surface area contributed by atoms with Crippen LogP contribution >= 0.6 is 22.9 Å². The maximum atomic E-state index is 13.3. The van der Waals surface area contributed by atoms with Crippen LogP contribution in [0.5, 0.6) is 5.75 Å². The number of hydrogen-bond donors (Lipinski definition) is 2. The van der Waals surface area contributed by atoms with Crippen molar-refractivity contribution in [2.45, 2.75) is 39.4 Å². The van der Waals surface area contributed by atoms with Crippen LogP contribution in [0.25, 0.3) is 10.2 Å². The SMILES string of the molecule is COc1ccc(Cl)cc1NC(=O)Cn1c(=O)n(CCCC(=O)NCc2ccc(C)cc2)c(=O)c2sccc21. The molecule has 2 heterocycles. The molecule has 0 aliphatic rings. The van der Waals surface area contributed by atoms with Gasteiger partial charge in [-0.1, -0.05) is 41.4 Å². The van der Waals surface area contributed by atoms with Crippen LogP contribution in [-0.2, 0) is 29.2 Å². The predicted octanol–water partition coefficient (Wildman–Crippen LogP) is 3.93. The Kier molecular flexibility index (Phi) is 8.65. The Morgan fingerprint density at radius 2 is 1.79 bits per heavy atom. The number of benzene rings is 2. The molecule has 4 aromatic rings. The summed E-state index contributed by atoms with van der Waals surface area (Å²) < 4.78 is 7.97. The van der Waals surface area contributed by atoms with Crippen molar-refractivity contribution in [3.63, 3.8) is 0 Å². The van der Waals surface area contributed by atoms with E-state index in [9.17, 15) is 19.2 Å². The van der Waals surface area contributed by atoms with E-state index in [0.29, 0.717) is 33.2 Å². The Morgan fingerprint density at radius 3 is 2.53 bits per heavy atom. The molecule has 0 saturated heterocycles. The molecule has 2 aromatic heterocycles. The lowest BCUT2D eigenvalue weighted by molar-refractivity contribution is -0.121. The second-order valence-corrected chi connectivity index (χ2v) is 10.1. The molecule has 2 aromatic carbocycles. The van der Waals surface area contributed by atoms with E-state index >= 15 is 0 Å². The number of carbonyl (C=O) groups is 2. The topological polar surface area (TPSA) is 111 Å². The summed E-state index contributed by atoms with van der Waals surface area (Å²) in [4.78, 5) is 51.5. The van der Waals surface area contributed by atoms with E-state index in [1.807, 2.05) is 31.2 Å². The number of carbonyl (C=O) groups excluding carboxylic acids is 2. The van der Waals surface area contributed by atoms with Gasteiger partial charge in [0.05, 0.1) is 18.3 Å². The number of amides is 2. The number of fused-ring (bicyclic) bond motifs is 1. The monoisotopic (exact) mass is 554 g/mol. The highest BCUT2D eigenvalue weighted by molar-refractivity contribution is 7.17. The number of rotatable bonds is 10. The predicted molar refractivity (Wildman–Crippen MR) is 149 cm³/mol. The molecule has 0 unspecified atom stereocenters. The van der Waals surface area contributed by atoms with Gasteiger partial charge in [0, 0.05) is 24.5 Å². The van der Waals surface area contributed by atoms with Gasteiger partial charge in [0.2, 0.25) is 11.8 Å². The number of anilines is 1. The first-order valence-electron chi connectivity index (χ1n) is 11.9. The van der Waals surface area contributed by atoms with Crippen molar-refractivity contribution in [2.75, 3.05) is 12.4 Å². The molecule has 38 heavy (non-hydrogen) atoms. The average molecular weight is 555 g/mol. The van der Waals surface area contributed by atoms with Crippen LogP contribution in [0.4, 0.5) is 5.69 Å². The van der Waals surface area contributed by atoms with E-state index in [1.165, 1.54) is 23.0 Å². The van der Waals surface area contributed by atoms with E-state index in [4.69, 9.17) is 16.3 Å². The molecule has 2 N–H and O–H groups in total. The minimum absolute atomic E-state index is 0.0488. The Balaban J connectivity index is 1.46. The fraction of sp³-hybridized carbons (Fsp3) is 0.259. The number of methoxy groups -OCH3 is 1. The van der Waals surface area contributed by atoms with Crippen LogP contribution in [0.3, 0.4) is 0 Å². The van der Waals surface area contributed by atoms with Gasteiger partial charge in [0.25, 0.3) is 5.56 Å². The van der Waals surface area contributed by atoms with E-state index in [2.05, 4.69) is 10.6 Å². The highest BCUT2D eigenvalue weighted by Crippen LogP contribution is 2.27. The first-order valence-corrected chi connectivity index (χ1v) is 13.2. The van der Waals surface area contributed by atoms with Gasteiger partial charge in [-0.15, -0.1) is 11.3 Å². The zero-order valence-electron chi connectivity index (χ0n) is 21.0. The van der Waals surface area contributed by atoms with E-state index in [1.54, 1.807) is 29.6 Å². The van der Waals surface area contributed by atoms with E-state index in [0.717, 1.165) is 15.7 Å². The number of thiophene rings is 1. The van der Waals surface area contributed by atoms with Gasteiger partial charge in [-0.05, 0) is 48.6 Å². The fourth-order valence-corrected chi connectivity index (χ4v) is 5.00. The summed E-state index contributed by atoms with van der Waals surface area (Å²) in [5.74, 6) is -0.242. The van der Waals surface area contributed by atoms with Gasteiger partial charge in [-0.3, -0.25) is 23.5 Å². The standard InChI is InChI=1S/C27H27ClN4O5S/c1-17-5-7-18(8-6-17)15-29-23(33)4-3-12-31-26(35)25-21(11-13-38-25)32(27(31)36)16-24(34)30-20-14-19(28)9-10-22(20)37-2/h5-11,13-14H,3-4,12,15-16H2,1-2H3,(H,29,33)(H,30,34). The largest absolute Gasteiger partial charge is 0.495 e. The third-order valence-electron chi connectivity index (χ3n) is 5.97. The lowest BCUT2D eigenvalue weighted by Gasteiger charge is -2.14. The summed E-state index contributed by atoms with van der Waals surface area (Å²) in [6.07, 6.45) is 0.437. The van der Waals surface area contributed by atoms with Crippen LogP contribution in [0.15, 0.2) is 63.5 Å². The molecule has 0 fully saturated rings. The van der Waals surface area contributed by atoms with Crippen molar-refractivity contribution in [3.8, 4) is 5.75 Å². The zero-order chi connectivity index (χ0) is 27.2. The Morgan fingerprint density at radius 1 is 1.03 bits per heavy atom. The average Bonchev–Trinajstić information content (AvgIpc) is 3.38. The highest BCUT2D eigenvalue weighted by Gasteiger charge is 2.17. The van der Waals surface area contributed by atoms with Crippen molar-refractivity contribution in [1.29, 1.82) is 0 Å². The lowest BCUT2D eigenvalue weighted by atomic mass is 10.1. The smallest absolute Gasteiger partial charge is 0.332 e. The molecule has 0 aliphatic carbocycles. The molecule has 4 rings (SSSR count). The van der Waals surface area contributed by atoms with Crippen LogP contribution in [0, 0.1) is 6.92 Å². The molecule has 198 valence electrons. The molecule has 0 atom stereocenters. The van der Waals surface area contributed by atoms with Crippen molar-refractivity contribution in [1.82, 2.24) is 14.5 Å². The number of hydrogen-bond acceptors (Lipinski definition) is 6. The maximum Gasteiger partial charge on any atom is 0.332 e. The fourth-order valence-electron chi connectivity index (χ4n) is 3.99. The molecule has 0 aliphatic heterocycles. The van der Waals surface area contributed by atoms with Crippen LogP contribution < -0.4 is 26.6 Å². The first-order chi connectivity index (χ1) is 18.3. The Hall–Kier alpha value is -3.89. The molecule has 0 saturated carbocycles. The van der Waals surface area contributed by atoms with Crippen molar-refractivity contribution in [3.05, 3.63) is 90.9 Å². The number of aromatic nitrogens is 2. The number of nitrogens with one attached hydrogen (secondary N) is 2. The highest BCUT2D eigenvalue weighted by atomic mass is 35.5. The molecule has 0 radical (unpaired) electrons. The van der Waals surface area contributed by atoms with Crippen molar-refractivity contribution >= 4 is 50.7 Å². The van der Waals surface area contributed by atoms with Crippen molar-refractivity contribution in [2.24, 2.45) is 0 Å². The minimum Gasteiger partial charge on any atom is -0.495 e. The Bertz CT molecular complexity index is 1590. The van der Waals surface area contributed by atoms with Crippen LogP contribution in [-0.4, -0.2) is 28.1 Å². The van der Waals surface area contributed by atoms with Gasteiger partial charge in [0.1, 0.15) is 17.0 Å². The van der Waals surface area contributed by atoms with Gasteiger partial charge < -0.3 is 15.4 Å². The van der Waals surface area contributed by atoms with Crippen LogP contribution in [0.1, 0.15) is 24.0 Å². The maximum absolute atomic E-state index is 13.3. The van der Waals surface area contributed by atoms with Gasteiger partial charge in [0.15, 0.2) is 0 Å². The summed E-state index contributed by atoms with van der Waals surface area (Å²) in [5.41, 5.74) is 1.82. The van der Waals surface area contributed by atoms with Crippen molar-refractivity contribution < 1.29 is 14.3 Å². The number of aryl methyl sites for hydroxylation is 1. The van der Waals surface area contributed by atoms with Gasteiger partial charge >= 0.3 is 5.69 Å². The normalized spacial score (nSPS) is 10.9. The molecule has 9 nitrogen and oxygen atoms in total. The third kappa shape index (κ3) is 6.32. The summed E-state index contributed by atoms with van der Waals surface area (Å²) in [6.45, 7) is 2.13. The second-order valence-electron chi connectivity index (χ2n) is 8.72. The zero-order valence-corrected chi connectivity index (χ0v) is 22.5. The summed E-state index contributed by atoms with van der Waals surface area (Å²) in [5, 5.41) is 7.67. The van der Waals surface area contributed by atoms with Gasteiger partial charge in [-0.25, -0.2) is 4.79 Å². The molecule has 0 spiro atoms. The summed E-state index contributed by atoms with van der Waals surface area (Å²) >= 11 is 7.24. The minimum atomic E-state index is -0.617. The van der Waals surface area contributed by atoms with Gasteiger partial charge in [-0.2, -0.15) is 0 Å². The van der Waals surface area contributed by atoms with E-state index < -0.39 is 17.2 Å². The summed E-state index contributed by atoms with van der Waals surface area (Å²) in [6, 6.07) is 14.3. The Labute approximate surface area is 227 Å².